The van der Waals surface area contributed by atoms with Gasteiger partial charge in [-0.25, -0.2) is 0 Å². The number of nitrogens with zero attached hydrogens (tertiary/aromatic N) is 1. The number of fused-ring (bicyclic) bond motifs is 1. The van der Waals surface area contributed by atoms with Crippen LogP contribution in [0.1, 0.15) is 49.6 Å². The molecule has 3 heterocycles. The second-order valence-corrected chi connectivity index (χ2v) is 7.08. The molecular weight excluding hydrogens is 268 g/mol. The second-order valence-electron chi connectivity index (χ2n) is 6.08. The molecule has 0 aromatic carbocycles. The van der Waals surface area contributed by atoms with E-state index in [1.807, 2.05) is 11.3 Å². The molecule has 3 atom stereocenters. The van der Waals surface area contributed by atoms with Crippen LogP contribution in [0.15, 0.2) is 11.4 Å². The molecule has 1 aromatic heterocycles. The Balaban J connectivity index is 1.78. The quantitative estimate of drug-likeness (QED) is 0.909. The number of piperidine rings is 1. The van der Waals surface area contributed by atoms with Crippen LogP contribution in [0.2, 0.25) is 0 Å². The third kappa shape index (κ3) is 2.51. The maximum Gasteiger partial charge on any atom is 0.226 e. The van der Waals surface area contributed by atoms with E-state index >= 15 is 0 Å². The zero-order chi connectivity index (χ0) is 14.1. The zero-order valence-electron chi connectivity index (χ0n) is 12.4. The van der Waals surface area contributed by atoms with E-state index in [1.165, 1.54) is 10.4 Å². The smallest absolute Gasteiger partial charge is 0.226 e. The maximum absolute atomic E-state index is 12.9. The van der Waals surface area contributed by atoms with Crippen molar-refractivity contribution in [3.8, 4) is 0 Å². The highest BCUT2D eigenvalue weighted by molar-refractivity contribution is 7.10. The molecule has 1 amide bonds. The molecule has 2 aliphatic rings. The molecule has 110 valence electrons. The van der Waals surface area contributed by atoms with Gasteiger partial charge in [-0.15, -0.1) is 11.3 Å². The van der Waals surface area contributed by atoms with E-state index in [2.05, 4.69) is 35.5 Å². The lowest BCUT2D eigenvalue weighted by atomic mass is 9.89. The summed E-state index contributed by atoms with van der Waals surface area (Å²) in [6, 6.07) is 3.00. The summed E-state index contributed by atoms with van der Waals surface area (Å²) in [4.78, 5) is 16.6. The monoisotopic (exact) mass is 292 g/mol. The Morgan fingerprint density at radius 3 is 3.15 bits per heavy atom. The van der Waals surface area contributed by atoms with E-state index in [-0.39, 0.29) is 5.92 Å². The Labute approximate surface area is 125 Å². The van der Waals surface area contributed by atoms with Gasteiger partial charge < -0.3 is 10.2 Å². The first kappa shape index (κ1) is 14.1. The Morgan fingerprint density at radius 2 is 2.40 bits per heavy atom. The van der Waals surface area contributed by atoms with Gasteiger partial charge in [0.1, 0.15) is 0 Å². The van der Waals surface area contributed by atoms with Crippen LogP contribution >= 0.6 is 11.3 Å². The largest absolute Gasteiger partial charge is 0.335 e. The summed E-state index contributed by atoms with van der Waals surface area (Å²) < 4.78 is 0. The Bertz CT molecular complexity index is 485. The highest BCUT2D eigenvalue weighted by Crippen LogP contribution is 2.36. The van der Waals surface area contributed by atoms with Gasteiger partial charge >= 0.3 is 0 Å². The molecule has 3 unspecified atom stereocenters. The number of hydrogen-bond acceptors (Lipinski definition) is 3. The number of rotatable bonds is 2. The summed E-state index contributed by atoms with van der Waals surface area (Å²) in [5.74, 6) is 0.613. The molecule has 0 bridgehead atoms. The van der Waals surface area contributed by atoms with Crippen molar-refractivity contribution in [2.24, 2.45) is 5.92 Å². The van der Waals surface area contributed by atoms with Crippen molar-refractivity contribution in [2.75, 3.05) is 13.1 Å². The SMILES string of the molecule is CCC1c2ccsc2CCN1C(=O)C1CCNC(C)C1. The van der Waals surface area contributed by atoms with Crippen molar-refractivity contribution in [1.29, 1.82) is 0 Å². The zero-order valence-corrected chi connectivity index (χ0v) is 13.2. The summed E-state index contributed by atoms with van der Waals surface area (Å²) in [5, 5.41) is 5.61. The maximum atomic E-state index is 12.9. The van der Waals surface area contributed by atoms with Crippen LogP contribution in [0.3, 0.4) is 0 Å². The Morgan fingerprint density at radius 1 is 1.55 bits per heavy atom. The van der Waals surface area contributed by atoms with Crippen LogP contribution in [0, 0.1) is 5.92 Å². The molecule has 0 saturated carbocycles. The van der Waals surface area contributed by atoms with Gasteiger partial charge in [0.15, 0.2) is 0 Å². The van der Waals surface area contributed by atoms with Gasteiger partial charge in [0, 0.05) is 23.4 Å². The first-order chi connectivity index (χ1) is 9.70. The highest BCUT2D eigenvalue weighted by Gasteiger charge is 2.35. The van der Waals surface area contributed by atoms with E-state index < -0.39 is 0 Å². The Kier molecular flexibility index (Phi) is 4.13. The topological polar surface area (TPSA) is 32.3 Å². The van der Waals surface area contributed by atoms with E-state index in [9.17, 15) is 4.79 Å². The molecule has 1 aromatic rings. The minimum atomic E-state index is 0.223. The van der Waals surface area contributed by atoms with Gasteiger partial charge in [-0.1, -0.05) is 6.92 Å². The van der Waals surface area contributed by atoms with Crippen LogP contribution in [-0.2, 0) is 11.2 Å². The van der Waals surface area contributed by atoms with Gasteiger partial charge in [-0.3, -0.25) is 4.79 Å². The fourth-order valence-electron chi connectivity index (χ4n) is 3.69. The van der Waals surface area contributed by atoms with Crippen LogP contribution in [0.4, 0.5) is 0 Å². The molecule has 2 aliphatic heterocycles. The molecule has 4 heteroatoms. The Hall–Kier alpha value is -0.870. The van der Waals surface area contributed by atoms with Crippen molar-refractivity contribution in [3.05, 3.63) is 21.9 Å². The van der Waals surface area contributed by atoms with Crippen LogP contribution < -0.4 is 5.32 Å². The third-order valence-electron chi connectivity index (χ3n) is 4.74. The number of hydrogen-bond donors (Lipinski definition) is 1. The van der Waals surface area contributed by atoms with Gasteiger partial charge in [0.25, 0.3) is 0 Å². The lowest BCUT2D eigenvalue weighted by Gasteiger charge is -2.39. The third-order valence-corrected chi connectivity index (χ3v) is 5.73. The molecule has 1 saturated heterocycles. The molecule has 1 N–H and O–H groups in total. The van der Waals surface area contributed by atoms with Gasteiger partial charge in [-0.2, -0.15) is 0 Å². The van der Waals surface area contributed by atoms with Gasteiger partial charge in [0.2, 0.25) is 5.91 Å². The van der Waals surface area contributed by atoms with E-state index in [0.717, 1.165) is 38.8 Å². The molecule has 0 aliphatic carbocycles. The van der Waals surface area contributed by atoms with Crippen molar-refractivity contribution < 1.29 is 4.79 Å². The first-order valence-electron chi connectivity index (χ1n) is 7.80. The van der Waals surface area contributed by atoms with Crippen molar-refractivity contribution >= 4 is 17.2 Å². The normalized spacial score (nSPS) is 30.1. The van der Waals surface area contributed by atoms with Crippen molar-refractivity contribution in [1.82, 2.24) is 10.2 Å². The first-order valence-corrected chi connectivity index (χ1v) is 8.68. The average Bonchev–Trinajstić information content (AvgIpc) is 2.93. The number of thiophene rings is 1. The molecule has 3 rings (SSSR count). The fourth-order valence-corrected chi connectivity index (χ4v) is 4.62. The predicted molar refractivity (Wildman–Crippen MR) is 83.0 cm³/mol. The van der Waals surface area contributed by atoms with Gasteiger partial charge in [-0.05, 0) is 56.2 Å². The number of carbonyl (C=O) groups excluding carboxylic acids is 1. The lowest BCUT2D eigenvalue weighted by Crippen LogP contribution is -2.47. The van der Waals surface area contributed by atoms with Crippen LogP contribution in [0.5, 0.6) is 0 Å². The predicted octanol–water partition coefficient (Wildman–Crippen LogP) is 2.97. The molecule has 20 heavy (non-hydrogen) atoms. The molecule has 3 nitrogen and oxygen atoms in total. The summed E-state index contributed by atoms with van der Waals surface area (Å²) in [7, 11) is 0. The molecule has 1 fully saturated rings. The minimum absolute atomic E-state index is 0.223. The van der Waals surface area contributed by atoms with Gasteiger partial charge in [0.05, 0.1) is 6.04 Å². The number of amides is 1. The second kappa shape index (κ2) is 5.86. The summed E-state index contributed by atoms with van der Waals surface area (Å²) in [6.07, 6.45) is 4.04. The minimum Gasteiger partial charge on any atom is -0.335 e. The van der Waals surface area contributed by atoms with E-state index in [0.29, 0.717) is 18.0 Å². The average molecular weight is 292 g/mol. The highest BCUT2D eigenvalue weighted by atomic mass is 32.1. The summed E-state index contributed by atoms with van der Waals surface area (Å²) in [5.41, 5.74) is 1.40. The van der Waals surface area contributed by atoms with Crippen LogP contribution in [0.25, 0.3) is 0 Å². The summed E-state index contributed by atoms with van der Waals surface area (Å²) in [6.45, 7) is 6.27. The number of carbonyl (C=O) groups is 1. The molecular formula is C16H24N2OS. The lowest BCUT2D eigenvalue weighted by molar-refractivity contribution is -0.139. The van der Waals surface area contributed by atoms with E-state index in [1.54, 1.807) is 0 Å². The van der Waals surface area contributed by atoms with E-state index in [4.69, 9.17) is 0 Å². The standard InChI is InChI=1S/C16H24N2OS/c1-3-14-13-6-9-20-15(13)5-8-18(14)16(19)12-4-7-17-11(2)10-12/h6,9,11-12,14,17H,3-5,7-8,10H2,1-2H3. The molecule has 0 radical (unpaired) electrons. The van der Waals surface area contributed by atoms with Crippen molar-refractivity contribution in [3.63, 3.8) is 0 Å². The molecule has 0 spiro atoms. The number of nitrogens with one attached hydrogen (secondary N) is 1. The van der Waals surface area contributed by atoms with Crippen LogP contribution in [-0.4, -0.2) is 29.9 Å². The summed E-state index contributed by atoms with van der Waals surface area (Å²) >= 11 is 1.85. The van der Waals surface area contributed by atoms with Crippen molar-refractivity contribution in [2.45, 2.75) is 51.6 Å². The fraction of sp³-hybridized carbons (Fsp3) is 0.688.